The van der Waals surface area contributed by atoms with Crippen molar-refractivity contribution >= 4 is 11.6 Å². The first kappa shape index (κ1) is 14.0. The summed E-state index contributed by atoms with van der Waals surface area (Å²) in [5.41, 5.74) is 2.24. The van der Waals surface area contributed by atoms with Gasteiger partial charge in [0.15, 0.2) is 0 Å². The van der Waals surface area contributed by atoms with E-state index < -0.39 is 5.60 Å². The van der Waals surface area contributed by atoms with Gasteiger partial charge in [-0.15, -0.1) is 0 Å². The van der Waals surface area contributed by atoms with Crippen LogP contribution in [0.25, 0.3) is 11.1 Å². The van der Waals surface area contributed by atoms with Crippen molar-refractivity contribution in [2.45, 2.75) is 32.3 Å². The monoisotopic (exact) mass is 311 g/mol. The number of carbonyl (C=O) groups excluding carboxylic acids is 1. The molecule has 0 bridgehead atoms. The second-order valence-electron chi connectivity index (χ2n) is 6.42. The van der Waals surface area contributed by atoms with Gasteiger partial charge in [-0.3, -0.25) is 4.79 Å². The molecule has 1 aromatic carbocycles. The van der Waals surface area contributed by atoms with Gasteiger partial charge in [-0.1, -0.05) is 0 Å². The molecule has 0 aliphatic carbocycles. The molecule has 1 N–H and O–H groups in total. The maximum atomic E-state index is 11.9. The first-order valence-corrected chi connectivity index (χ1v) is 7.69. The topological polar surface area (TPSA) is 75.3 Å². The van der Waals surface area contributed by atoms with Crippen LogP contribution in [0.2, 0.25) is 0 Å². The molecule has 2 aromatic rings. The highest BCUT2D eigenvalue weighted by molar-refractivity contribution is 5.96. The maximum Gasteiger partial charge on any atom is 0.345 e. The van der Waals surface area contributed by atoms with Crippen molar-refractivity contribution in [1.82, 2.24) is 9.97 Å². The van der Waals surface area contributed by atoms with Crippen LogP contribution in [-0.2, 0) is 10.4 Å². The van der Waals surface area contributed by atoms with Gasteiger partial charge in [0.2, 0.25) is 5.91 Å². The fraction of sp³-hybridized carbons (Fsp3) is 0.353. The molecule has 0 spiro atoms. The van der Waals surface area contributed by atoms with Gasteiger partial charge >= 0.3 is 5.69 Å². The number of hydrogen-bond donors (Lipinski definition) is 1. The minimum Gasteiger partial charge on any atom is -0.481 e. The zero-order chi connectivity index (χ0) is 16.2. The quantitative estimate of drug-likeness (QED) is 0.876. The van der Waals surface area contributed by atoms with Gasteiger partial charge in [0.25, 0.3) is 0 Å². The molecule has 3 heterocycles. The Morgan fingerprint density at radius 2 is 2.09 bits per heavy atom. The molecule has 6 heteroatoms. The lowest BCUT2D eigenvalue weighted by atomic mass is 9.91. The third-order valence-electron chi connectivity index (χ3n) is 4.42. The van der Waals surface area contributed by atoms with Crippen LogP contribution in [0.5, 0.6) is 5.75 Å². The van der Waals surface area contributed by atoms with Crippen LogP contribution in [-0.4, -0.2) is 22.4 Å². The van der Waals surface area contributed by atoms with Gasteiger partial charge in [0.1, 0.15) is 11.4 Å². The number of nitrogens with one attached hydrogen (secondary N) is 1. The Balaban J connectivity index is 1.86. The second-order valence-corrected chi connectivity index (χ2v) is 6.42. The Hall–Kier alpha value is -2.63. The number of aromatic nitrogens is 2. The van der Waals surface area contributed by atoms with E-state index in [0.29, 0.717) is 12.2 Å². The number of hydrogen-bond acceptors (Lipinski definition) is 4. The molecular weight excluding hydrogens is 294 g/mol. The number of carbonyl (C=O) groups is 1. The molecule has 2 aliphatic heterocycles. The summed E-state index contributed by atoms with van der Waals surface area (Å²) >= 11 is 0. The van der Waals surface area contributed by atoms with Gasteiger partial charge in [-0.2, -0.15) is 0 Å². The number of amides is 1. The summed E-state index contributed by atoms with van der Waals surface area (Å²) < 4.78 is 6.10. The summed E-state index contributed by atoms with van der Waals surface area (Å²) in [5.74, 6) is 0.847. The number of aromatic amines is 1. The van der Waals surface area contributed by atoms with E-state index in [-0.39, 0.29) is 11.6 Å². The molecule has 1 amide bonds. The third-order valence-corrected chi connectivity index (χ3v) is 4.42. The van der Waals surface area contributed by atoms with E-state index in [0.717, 1.165) is 35.5 Å². The van der Waals surface area contributed by atoms with Crippen LogP contribution in [0.15, 0.2) is 29.2 Å². The number of ether oxygens (including phenoxy) is 1. The number of H-pyrrole nitrogens is 1. The van der Waals surface area contributed by atoms with Crippen molar-refractivity contribution in [1.29, 1.82) is 0 Å². The molecule has 0 saturated carbocycles. The zero-order valence-electron chi connectivity index (χ0n) is 13.0. The number of rotatable bonds is 1. The second kappa shape index (κ2) is 4.68. The Bertz CT molecular complexity index is 870. The highest BCUT2D eigenvalue weighted by Gasteiger charge is 2.34. The minimum atomic E-state index is -0.669. The largest absolute Gasteiger partial charge is 0.481 e. The van der Waals surface area contributed by atoms with Gasteiger partial charge in [-0.05, 0) is 32.4 Å². The number of nitrogens with zero attached hydrogens (tertiary/aromatic N) is 2. The fourth-order valence-corrected chi connectivity index (χ4v) is 3.31. The van der Waals surface area contributed by atoms with Crippen molar-refractivity contribution in [3.05, 3.63) is 40.6 Å². The SMILES string of the molecule is CC1(C)Oc2cc(N3CCCC3=O)ccc2-c2cnc(=O)[nH]c21. The average molecular weight is 311 g/mol. The maximum absolute atomic E-state index is 11.9. The van der Waals surface area contributed by atoms with Crippen LogP contribution >= 0.6 is 0 Å². The van der Waals surface area contributed by atoms with Crippen molar-refractivity contribution < 1.29 is 9.53 Å². The van der Waals surface area contributed by atoms with E-state index in [1.165, 1.54) is 0 Å². The summed E-state index contributed by atoms with van der Waals surface area (Å²) in [5, 5.41) is 0. The fourth-order valence-electron chi connectivity index (χ4n) is 3.31. The lowest BCUT2D eigenvalue weighted by Crippen LogP contribution is -2.33. The first-order valence-electron chi connectivity index (χ1n) is 7.69. The van der Waals surface area contributed by atoms with Crippen LogP contribution in [0.3, 0.4) is 0 Å². The van der Waals surface area contributed by atoms with Gasteiger partial charge in [-0.25, -0.2) is 9.78 Å². The predicted octanol–water partition coefficient (Wildman–Crippen LogP) is 2.19. The van der Waals surface area contributed by atoms with E-state index in [4.69, 9.17) is 4.74 Å². The van der Waals surface area contributed by atoms with Crippen LogP contribution in [0.1, 0.15) is 32.4 Å². The minimum absolute atomic E-state index is 0.145. The molecule has 6 nitrogen and oxygen atoms in total. The molecule has 118 valence electrons. The zero-order valence-corrected chi connectivity index (χ0v) is 13.0. The molecule has 4 rings (SSSR count). The Kier molecular flexibility index (Phi) is 2.85. The lowest BCUT2D eigenvalue weighted by molar-refractivity contribution is -0.117. The Labute approximate surface area is 133 Å². The first-order chi connectivity index (χ1) is 11.0. The highest BCUT2D eigenvalue weighted by Crippen LogP contribution is 2.45. The Morgan fingerprint density at radius 3 is 2.83 bits per heavy atom. The highest BCUT2D eigenvalue weighted by atomic mass is 16.5. The van der Waals surface area contributed by atoms with Crippen molar-refractivity contribution in [3.8, 4) is 16.9 Å². The summed E-state index contributed by atoms with van der Waals surface area (Å²) in [6, 6.07) is 5.73. The van der Waals surface area contributed by atoms with Gasteiger partial charge < -0.3 is 14.6 Å². The third kappa shape index (κ3) is 2.13. The summed E-state index contributed by atoms with van der Waals surface area (Å²) in [6.07, 6.45) is 3.06. The van der Waals surface area contributed by atoms with Crippen molar-refractivity contribution in [2.24, 2.45) is 0 Å². The normalized spacial score (nSPS) is 18.3. The molecule has 1 aromatic heterocycles. The van der Waals surface area contributed by atoms with Crippen LogP contribution in [0, 0.1) is 0 Å². The van der Waals surface area contributed by atoms with E-state index >= 15 is 0 Å². The summed E-state index contributed by atoms with van der Waals surface area (Å²) in [6.45, 7) is 4.54. The summed E-state index contributed by atoms with van der Waals surface area (Å²) in [4.78, 5) is 31.9. The number of benzene rings is 1. The predicted molar refractivity (Wildman–Crippen MR) is 85.5 cm³/mol. The molecule has 1 saturated heterocycles. The van der Waals surface area contributed by atoms with E-state index in [1.807, 2.05) is 32.0 Å². The van der Waals surface area contributed by atoms with Gasteiger partial charge in [0, 0.05) is 42.0 Å². The molecule has 0 atom stereocenters. The van der Waals surface area contributed by atoms with Gasteiger partial charge in [0.05, 0.1) is 5.69 Å². The lowest BCUT2D eigenvalue weighted by Gasteiger charge is -2.34. The smallest absolute Gasteiger partial charge is 0.345 e. The molecule has 23 heavy (non-hydrogen) atoms. The van der Waals surface area contributed by atoms with Crippen LogP contribution in [0.4, 0.5) is 5.69 Å². The van der Waals surface area contributed by atoms with E-state index in [9.17, 15) is 9.59 Å². The van der Waals surface area contributed by atoms with Crippen molar-refractivity contribution in [3.63, 3.8) is 0 Å². The average Bonchev–Trinajstić information content (AvgIpc) is 2.93. The molecule has 1 fully saturated rings. The Morgan fingerprint density at radius 1 is 1.26 bits per heavy atom. The van der Waals surface area contributed by atoms with Crippen LogP contribution < -0.4 is 15.3 Å². The van der Waals surface area contributed by atoms with E-state index in [1.54, 1.807) is 11.1 Å². The standard InChI is InChI=1S/C17H17N3O3/c1-17(2)15-12(9-18-16(22)19-15)11-6-5-10(8-13(11)23-17)20-7-3-4-14(20)21/h5-6,8-9H,3-4,7H2,1-2H3,(H,18,19,22). The molecule has 0 radical (unpaired) electrons. The number of fused-ring (bicyclic) bond motifs is 3. The van der Waals surface area contributed by atoms with Crippen molar-refractivity contribution in [2.75, 3.05) is 11.4 Å². The molecular formula is C17H17N3O3. The molecule has 2 aliphatic rings. The summed E-state index contributed by atoms with van der Waals surface area (Å²) in [7, 11) is 0. The molecule has 0 unspecified atom stereocenters. The number of anilines is 1. The van der Waals surface area contributed by atoms with E-state index in [2.05, 4.69) is 9.97 Å².